The Morgan fingerprint density at radius 1 is 0.521 bits per heavy atom. The number of anilines is 7. The lowest BCUT2D eigenvalue weighted by molar-refractivity contribution is -0.130. The third kappa shape index (κ3) is 21.4. The summed E-state index contributed by atoms with van der Waals surface area (Å²) in [5, 5.41) is 12.4. The molecule has 1 unspecified atom stereocenters. The predicted molar refractivity (Wildman–Crippen MR) is 309 cm³/mol. The Hall–Kier alpha value is -5.06. The minimum Gasteiger partial charge on any atom is -0.372 e. The molecule has 0 spiro atoms. The molecule has 5 amide bonds. The summed E-state index contributed by atoms with van der Waals surface area (Å²) in [5.74, 6) is 0.0530. The Morgan fingerprint density at radius 2 is 1.03 bits per heavy atom. The van der Waals surface area contributed by atoms with Crippen LogP contribution in [0.2, 0.25) is 0 Å². The van der Waals surface area contributed by atoms with Crippen molar-refractivity contribution in [3.8, 4) is 0 Å². The summed E-state index contributed by atoms with van der Waals surface area (Å²) in [4.78, 5) is 59.5. The standard InChI is InChI=1S/C62H99N7O4/c1-7-12-13-14-15-16-17-18-19-20-21-23-27-30-36-42-59(71)66-60(50(6)38-8-2)61(72)64-47-37-31-28-25-22-24-26-29-35-41-58(70)65-51-43-45-54-56(48-51)68(52-39-33-32-34-40-52)57-49-53(67(10-4)11-5)44-46-55(57)69(54)62(73)63-9-3/h32-34,39-40,43-46,48-50,60H,7-31,35-38,41-42,47H2,1-6H3,(H,63,73)(H,64,72)(H,65,70)(H,66,71)/t50?,60-/m0/s1. The molecule has 4 rings (SSSR count). The molecule has 0 aromatic heterocycles. The second kappa shape index (κ2) is 36.0. The van der Waals surface area contributed by atoms with E-state index in [1.54, 1.807) is 4.90 Å². The molecule has 3 aromatic rings. The summed E-state index contributed by atoms with van der Waals surface area (Å²) in [6, 6.07) is 21.6. The molecule has 4 N–H and O–H groups in total. The SMILES string of the molecule is CCCCCCCCCCCCCCCCCC(=O)N[C@H](C(=O)NCCCCCCCCCCCC(=O)Nc1ccc2c(c1)N(c1ccccc1)c1cc(N(CC)CC)ccc1N2C(=O)NCC)C(C)CCC. The minimum absolute atomic E-state index is 0.00637. The van der Waals surface area contributed by atoms with Crippen LogP contribution in [0.3, 0.4) is 0 Å². The van der Waals surface area contributed by atoms with E-state index in [9.17, 15) is 19.2 Å². The number of hydrogen-bond donors (Lipinski definition) is 4. The monoisotopic (exact) mass is 1010 g/mol. The molecule has 2 atom stereocenters. The van der Waals surface area contributed by atoms with E-state index < -0.39 is 6.04 Å². The molecule has 1 aliphatic rings. The number of nitrogens with zero attached hydrogens (tertiary/aromatic N) is 3. The van der Waals surface area contributed by atoms with E-state index >= 15 is 0 Å². The zero-order valence-corrected chi connectivity index (χ0v) is 46.6. The minimum atomic E-state index is -0.470. The maximum atomic E-state index is 13.7. The lowest BCUT2D eigenvalue weighted by Crippen LogP contribution is -2.50. The molecule has 406 valence electrons. The van der Waals surface area contributed by atoms with Gasteiger partial charge in [0.2, 0.25) is 17.7 Å². The first kappa shape index (κ1) is 60.5. The fraction of sp³-hybridized carbons (Fsp3) is 0.645. The summed E-state index contributed by atoms with van der Waals surface area (Å²) in [6.07, 6.45) is 31.9. The van der Waals surface area contributed by atoms with E-state index in [1.807, 2.05) is 49.4 Å². The molecule has 11 nitrogen and oxygen atoms in total. The second-order valence-electron chi connectivity index (χ2n) is 20.7. The fourth-order valence-electron chi connectivity index (χ4n) is 10.4. The zero-order valence-electron chi connectivity index (χ0n) is 46.6. The van der Waals surface area contributed by atoms with Gasteiger partial charge >= 0.3 is 6.03 Å². The van der Waals surface area contributed by atoms with Gasteiger partial charge in [-0.1, -0.05) is 180 Å². The van der Waals surface area contributed by atoms with Crippen molar-refractivity contribution < 1.29 is 19.2 Å². The number of rotatable bonds is 39. The first-order valence-corrected chi connectivity index (χ1v) is 29.5. The van der Waals surface area contributed by atoms with Gasteiger partial charge in [-0.05, 0) is 101 Å². The maximum Gasteiger partial charge on any atom is 0.326 e. The van der Waals surface area contributed by atoms with Crippen LogP contribution in [0.1, 0.15) is 221 Å². The van der Waals surface area contributed by atoms with Crippen LogP contribution in [0.4, 0.5) is 44.6 Å². The first-order valence-electron chi connectivity index (χ1n) is 29.5. The van der Waals surface area contributed by atoms with Crippen molar-refractivity contribution in [3.05, 3.63) is 66.7 Å². The molecule has 0 radical (unpaired) electrons. The molecule has 73 heavy (non-hydrogen) atoms. The number of urea groups is 1. The first-order chi connectivity index (χ1) is 35.7. The topological polar surface area (TPSA) is 126 Å². The smallest absolute Gasteiger partial charge is 0.326 e. The van der Waals surface area contributed by atoms with Gasteiger partial charge in [0.15, 0.2) is 0 Å². The van der Waals surface area contributed by atoms with E-state index in [4.69, 9.17) is 0 Å². The number of amides is 5. The van der Waals surface area contributed by atoms with Crippen molar-refractivity contribution in [3.63, 3.8) is 0 Å². The van der Waals surface area contributed by atoms with Crippen LogP contribution in [-0.2, 0) is 14.4 Å². The van der Waals surface area contributed by atoms with Gasteiger partial charge in [0.25, 0.3) is 0 Å². The van der Waals surface area contributed by atoms with E-state index in [-0.39, 0.29) is 29.7 Å². The van der Waals surface area contributed by atoms with Crippen molar-refractivity contribution in [1.29, 1.82) is 0 Å². The van der Waals surface area contributed by atoms with Gasteiger partial charge in [0.1, 0.15) is 6.04 Å². The van der Waals surface area contributed by atoms with Gasteiger partial charge in [-0.2, -0.15) is 0 Å². The Bertz CT molecular complexity index is 2020. The number of carbonyl (C=O) groups is 4. The van der Waals surface area contributed by atoms with Crippen LogP contribution >= 0.6 is 0 Å². The normalized spacial score (nSPS) is 12.7. The molecular formula is C62H99N7O4. The lowest BCUT2D eigenvalue weighted by atomic mass is 9.95. The average molecular weight is 1010 g/mol. The Kier molecular flexibility index (Phi) is 29.8. The third-order valence-electron chi connectivity index (χ3n) is 14.7. The Balaban J connectivity index is 1.10. The maximum absolute atomic E-state index is 13.7. The number of fused-ring (bicyclic) bond motifs is 2. The molecular weight excluding hydrogens is 907 g/mol. The van der Waals surface area contributed by atoms with Crippen LogP contribution in [0.25, 0.3) is 0 Å². The van der Waals surface area contributed by atoms with E-state index in [0.717, 1.165) is 124 Å². The summed E-state index contributed by atoms with van der Waals surface area (Å²) in [6.45, 7) is 15.6. The highest BCUT2D eigenvalue weighted by Crippen LogP contribution is 2.53. The fourth-order valence-corrected chi connectivity index (χ4v) is 10.4. The zero-order chi connectivity index (χ0) is 52.5. The summed E-state index contributed by atoms with van der Waals surface area (Å²) >= 11 is 0. The third-order valence-corrected chi connectivity index (χ3v) is 14.7. The van der Waals surface area contributed by atoms with Crippen LogP contribution < -0.4 is 36.0 Å². The van der Waals surface area contributed by atoms with Gasteiger partial charge < -0.3 is 31.1 Å². The van der Waals surface area contributed by atoms with Crippen LogP contribution in [0.5, 0.6) is 0 Å². The van der Waals surface area contributed by atoms with Crippen molar-refractivity contribution in [2.45, 2.75) is 227 Å². The van der Waals surface area contributed by atoms with Gasteiger partial charge in [-0.15, -0.1) is 0 Å². The van der Waals surface area contributed by atoms with E-state index in [2.05, 4.69) is 90.0 Å². The van der Waals surface area contributed by atoms with Crippen molar-refractivity contribution in [1.82, 2.24) is 16.0 Å². The van der Waals surface area contributed by atoms with Gasteiger partial charge in [-0.3, -0.25) is 19.3 Å². The van der Waals surface area contributed by atoms with Gasteiger partial charge in [-0.25, -0.2) is 4.79 Å². The van der Waals surface area contributed by atoms with Crippen molar-refractivity contribution in [2.24, 2.45) is 5.92 Å². The second-order valence-corrected chi connectivity index (χ2v) is 20.7. The van der Waals surface area contributed by atoms with Crippen LogP contribution in [-0.4, -0.2) is 56.0 Å². The average Bonchev–Trinajstić information content (AvgIpc) is 3.39. The number of nitrogens with one attached hydrogen (secondary N) is 4. The van der Waals surface area contributed by atoms with Gasteiger partial charge in [0.05, 0.1) is 22.7 Å². The molecule has 1 aliphatic heterocycles. The molecule has 0 bridgehead atoms. The highest BCUT2D eigenvalue weighted by molar-refractivity contribution is 6.12. The highest BCUT2D eigenvalue weighted by atomic mass is 16.2. The van der Waals surface area contributed by atoms with E-state index in [0.29, 0.717) is 31.6 Å². The molecule has 0 aliphatic carbocycles. The molecule has 3 aromatic carbocycles. The highest BCUT2D eigenvalue weighted by Gasteiger charge is 2.34. The summed E-state index contributed by atoms with van der Waals surface area (Å²) in [7, 11) is 0. The predicted octanol–water partition coefficient (Wildman–Crippen LogP) is 16.3. The van der Waals surface area contributed by atoms with Gasteiger partial charge in [0, 0.05) is 56.1 Å². The van der Waals surface area contributed by atoms with Crippen LogP contribution in [0.15, 0.2) is 66.7 Å². The largest absolute Gasteiger partial charge is 0.372 e. The number of hydrogen-bond acceptors (Lipinski definition) is 6. The molecule has 0 saturated heterocycles. The number of benzene rings is 3. The Morgan fingerprint density at radius 3 is 1.56 bits per heavy atom. The quantitative estimate of drug-likeness (QED) is 0.0422. The molecule has 11 heteroatoms. The number of para-hydroxylation sites is 1. The summed E-state index contributed by atoms with van der Waals surface area (Å²) in [5.41, 5.74) is 5.99. The molecule has 0 fully saturated rings. The van der Waals surface area contributed by atoms with E-state index in [1.165, 1.54) is 89.9 Å². The molecule has 1 heterocycles. The lowest BCUT2D eigenvalue weighted by Gasteiger charge is -2.40. The Labute approximate surface area is 443 Å². The summed E-state index contributed by atoms with van der Waals surface area (Å²) < 4.78 is 0. The molecule has 0 saturated carbocycles. The number of carbonyl (C=O) groups excluding carboxylic acids is 4. The van der Waals surface area contributed by atoms with Crippen LogP contribution in [0, 0.1) is 5.92 Å². The van der Waals surface area contributed by atoms with Crippen molar-refractivity contribution in [2.75, 3.05) is 46.2 Å². The van der Waals surface area contributed by atoms with Crippen molar-refractivity contribution >= 4 is 63.6 Å². The number of unbranched alkanes of at least 4 members (excludes halogenated alkanes) is 22.